The Labute approximate surface area is 203 Å². The number of piperidine rings is 1. The maximum atomic E-state index is 10.6. The van der Waals surface area contributed by atoms with E-state index in [1.165, 1.54) is 11.3 Å². The zero-order valence-corrected chi connectivity index (χ0v) is 20.5. The van der Waals surface area contributed by atoms with Crippen LogP contribution < -0.4 is 9.54 Å². The first kappa shape index (κ1) is 26.0. The molecule has 0 amide bonds. The van der Waals surface area contributed by atoms with Crippen LogP contribution in [0.2, 0.25) is 5.02 Å². The number of rotatable bonds is 6. The molecular formula is C22H28Cl3N3O2S. The Morgan fingerprint density at radius 2 is 1.84 bits per heavy atom. The van der Waals surface area contributed by atoms with E-state index >= 15 is 0 Å². The van der Waals surface area contributed by atoms with E-state index in [4.69, 9.17) is 21.7 Å². The van der Waals surface area contributed by atoms with Gasteiger partial charge in [-0.05, 0) is 67.7 Å². The highest BCUT2D eigenvalue weighted by atomic mass is 35.5. The summed E-state index contributed by atoms with van der Waals surface area (Å²) in [7, 11) is 1.64. The first-order chi connectivity index (χ1) is 14.0. The third kappa shape index (κ3) is 6.15. The van der Waals surface area contributed by atoms with Gasteiger partial charge >= 0.3 is 0 Å². The monoisotopic (exact) mass is 503 g/mol. The van der Waals surface area contributed by atoms with Crippen molar-refractivity contribution in [3.63, 3.8) is 0 Å². The number of ether oxygens (including phenoxy) is 1. The molecule has 1 aliphatic rings. The molecule has 31 heavy (non-hydrogen) atoms. The number of nitrogens with one attached hydrogen (secondary N) is 1. The Hall–Kier alpha value is -1.28. The molecule has 0 bridgehead atoms. The van der Waals surface area contributed by atoms with Gasteiger partial charge in [0, 0.05) is 18.1 Å². The Morgan fingerprint density at radius 1 is 1.16 bits per heavy atom. The summed E-state index contributed by atoms with van der Waals surface area (Å²) in [6, 6.07) is 13.5. The topological polar surface area (TPSA) is 61.5 Å². The number of hydrogen-bond donors (Lipinski definition) is 2. The highest BCUT2D eigenvalue weighted by molar-refractivity contribution is 7.16. The third-order valence-corrected chi connectivity index (χ3v) is 6.94. The van der Waals surface area contributed by atoms with Gasteiger partial charge in [0.05, 0.1) is 23.4 Å². The van der Waals surface area contributed by atoms with Crippen molar-refractivity contribution in [3.05, 3.63) is 57.9 Å². The van der Waals surface area contributed by atoms with E-state index in [1.807, 2.05) is 42.5 Å². The van der Waals surface area contributed by atoms with Gasteiger partial charge < -0.3 is 19.3 Å². The molecule has 2 N–H and O–H groups in total. The smallest absolute Gasteiger partial charge is 0.182 e. The number of aromatic nitrogens is 1. The fourth-order valence-corrected chi connectivity index (χ4v) is 5.23. The minimum absolute atomic E-state index is 0. The zero-order chi connectivity index (χ0) is 20.4. The van der Waals surface area contributed by atoms with Crippen molar-refractivity contribution in [2.24, 2.45) is 5.92 Å². The lowest BCUT2D eigenvalue weighted by molar-refractivity contribution is 0.0867. The van der Waals surface area contributed by atoms with Gasteiger partial charge in [0.15, 0.2) is 4.80 Å². The van der Waals surface area contributed by atoms with Gasteiger partial charge in [0.2, 0.25) is 0 Å². The van der Waals surface area contributed by atoms with Crippen LogP contribution in [0.1, 0.15) is 24.5 Å². The molecule has 9 heteroatoms. The summed E-state index contributed by atoms with van der Waals surface area (Å²) in [5, 5.41) is 19.6. The first-order valence-corrected chi connectivity index (χ1v) is 11.1. The highest BCUT2D eigenvalue weighted by Crippen LogP contribution is 2.26. The van der Waals surface area contributed by atoms with E-state index in [1.54, 1.807) is 7.11 Å². The van der Waals surface area contributed by atoms with Gasteiger partial charge in [-0.25, -0.2) is 0 Å². The molecule has 1 aromatic heterocycles. The summed E-state index contributed by atoms with van der Waals surface area (Å²) >= 11 is 7.58. The molecule has 0 saturated carbocycles. The quantitative estimate of drug-likeness (QED) is 0.489. The molecule has 5 nitrogen and oxygen atoms in total. The van der Waals surface area contributed by atoms with E-state index in [0.717, 1.165) is 59.0 Å². The van der Waals surface area contributed by atoms with Crippen molar-refractivity contribution in [1.82, 2.24) is 9.47 Å². The minimum Gasteiger partial charge on any atom is -0.497 e. The summed E-state index contributed by atoms with van der Waals surface area (Å²) in [6.07, 6.45) is 1.66. The van der Waals surface area contributed by atoms with Gasteiger partial charge in [-0.3, -0.25) is 5.41 Å². The second kappa shape index (κ2) is 11.5. The standard InChI is InChI=1S/C22H26ClN3O2S.2ClH/c1-28-18-5-2-16(3-6-18)20(27)14-25-10-8-15(9-11-25)13-26-19-7-4-17(23)12-21(19)29-22(26)24;;/h2-7,12,15,20,24,27H,8-11,13-14H2,1H3;2*1H/t20-;;/m1../s1. The Bertz CT molecular complexity index is 1030. The minimum atomic E-state index is -0.489. The predicted octanol–water partition coefficient (Wildman–Crippen LogP) is 5.13. The molecule has 0 unspecified atom stereocenters. The average molecular weight is 505 g/mol. The molecule has 1 aliphatic heterocycles. The van der Waals surface area contributed by atoms with Crippen molar-refractivity contribution < 1.29 is 9.84 Å². The molecule has 0 spiro atoms. The molecule has 170 valence electrons. The SMILES string of the molecule is COc1ccc([C@H](O)CN2CCC(Cn3c(=N)sc4cc(Cl)ccc43)CC2)cc1.Cl.Cl. The van der Waals surface area contributed by atoms with E-state index in [9.17, 15) is 5.11 Å². The fraction of sp³-hybridized carbons (Fsp3) is 0.409. The third-order valence-electron chi connectivity index (χ3n) is 5.74. The number of thiazole rings is 1. The van der Waals surface area contributed by atoms with Gasteiger partial charge in [-0.15, -0.1) is 24.8 Å². The largest absolute Gasteiger partial charge is 0.497 e. The second-order valence-corrected chi connectivity index (χ2v) is 9.13. The van der Waals surface area contributed by atoms with E-state index < -0.39 is 6.10 Å². The predicted molar refractivity (Wildman–Crippen MR) is 132 cm³/mol. The number of halogens is 3. The van der Waals surface area contributed by atoms with Crippen molar-refractivity contribution >= 4 is 58.0 Å². The number of hydrogen-bond acceptors (Lipinski definition) is 5. The molecule has 2 heterocycles. The van der Waals surface area contributed by atoms with Crippen LogP contribution >= 0.6 is 47.8 Å². The summed E-state index contributed by atoms with van der Waals surface area (Å²) in [4.78, 5) is 2.92. The van der Waals surface area contributed by atoms with Crippen molar-refractivity contribution in [2.45, 2.75) is 25.5 Å². The number of methoxy groups -OCH3 is 1. The lowest BCUT2D eigenvalue weighted by Gasteiger charge is -2.33. The number of benzene rings is 2. The summed E-state index contributed by atoms with van der Waals surface area (Å²) in [6.45, 7) is 3.46. The number of aliphatic hydroxyl groups excluding tert-OH is 1. The van der Waals surface area contributed by atoms with Crippen LogP contribution in [-0.4, -0.2) is 41.3 Å². The van der Waals surface area contributed by atoms with E-state index in [0.29, 0.717) is 17.3 Å². The van der Waals surface area contributed by atoms with E-state index in [2.05, 4.69) is 9.47 Å². The van der Waals surface area contributed by atoms with Crippen LogP contribution in [0, 0.1) is 11.3 Å². The Kier molecular flexibility index (Phi) is 9.67. The van der Waals surface area contributed by atoms with Crippen LogP contribution in [-0.2, 0) is 6.54 Å². The second-order valence-electron chi connectivity index (χ2n) is 7.66. The van der Waals surface area contributed by atoms with E-state index in [-0.39, 0.29) is 24.8 Å². The van der Waals surface area contributed by atoms with Gasteiger partial charge in [-0.2, -0.15) is 0 Å². The maximum absolute atomic E-state index is 10.6. The van der Waals surface area contributed by atoms with Crippen LogP contribution in [0.15, 0.2) is 42.5 Å². The molecule has 0 radical (unpaired) electrons. The van der Waals surface area contributed by atoms with Crippen LogP contribution in [0.25, 0.3) is 10.2 Å². The zero-order valence-electron chi connectivity index (χ0n) is 17.3. The molecule has 1 fully saturated rings. The molecule has 1 saturated heterocycles. The number of aliphatic hydroxyl groups is 1. The normalized spacial score (nSPS) is 15.8. The molecular weight excluding hydrogens is 477 g/mol. The summed E-state index contributed by atoms with van der Waals surface area (Å²) in [5.74, 6) is 1.35. The molecule has 1 atom stereocenters. The first-order valence-electron chi connectivity index (χ1n) is 9.91. The summed E-state index contributed by atoms with van der Waals surface area (Å²) in [5.41, 5.74) is 2.02. The lowest BCUT2D eigenvalue weighted by atomic mass is 9.96. The van der Waals surface area contributed by atoms with Gasteiger partial charge in [0.1, 0.15) is 5.75 Å². The van der Waals surface area contributed by atoms with Crippen LogP contribution in [0.4, 0.5) is 0 Å². The molecule has 3 aromatic rings. The van der Waals surface area contributed by atoms with Gasteiger partial charge in [-0.1, -0.05) is 35.1 Å². The van der Waals surface area contributed by atoms with Gasteiger partial charge in [0.25, 0.3) is 0 Å². The van der Waals surface area contributed by atoms with Crippen molar-refractivity contribution in [1.29, 1.82) is 5.41 Å². The number of likely N-dealkylation sites (tertiary alicyclic amines) is 1. The van der Waals surface area contributed by atoms with Crippen molar-refractivity contribution in [3.8, 4) is 5.75 Å². The lowest BCUT2D eigenvalue weighted by Crippen LogP contribution is -2.38. The molecule has 4 rings (SSSR count). The Balaban J connectivity index is 0.00000171. The fourth-order valence-electron chi connectivity index (χ4n) is 4.03. The number of fused-ring (bicyclic) bond motifs is 1. The molecule has 0 aliphatic carbocycles. The maximum Gasteiger partial charge on any atom is 0.182 e. The van der Waals surface area contributed by atoms with Crippen molar-refractivity contribution in [2.75, 3.05) is 26.7 Å². The molecule has 2 aromatic carbocycles. The van der Waals surface area contributed by atoms with Crippen LogP contribution in [0.5, 0.6) is 5.75 Å². The highest BCUT2D eigenvalue weighted by Gasteiger charge is 2.23. The van der Waals surface area contributed by atoms with Crippen LogP contribution in [0.3, 0.4) is 0 Å². The number of β-amino-alcohol motifs (C(OH)–C–C–N with tert-alkyl or cyclic N) is 1. The Morgan fingerprint density at radius 3 is 2.48 bits per heavy atom. The number of nitrogens with zero attached hydrogens (tertiary/aromatic N) is 2. The summed E-state index contributed by atoms with van der Waals surface area (Å²) < 4.78 is 8.37. The average Bonchev–Trinajstić information content (AvgIpc) is 3.03.